The summed E-state index contributed by atoms with van der Waals surface area (Å²) < 4.78 is 28.5. The van der Waals surface area contributed by atoms with E-state index in [4.69, 9.17) is 11.6 Å². The molecule has 0 spiro atoms. The summed E-state index contributed by atoms with van der Waals surface area (Å²) in [5.41, 5.74) is 1.96. The van der Waals surface area contributed by atoms with Crippen molar-refractivity contribution in [2.24, 2.45) is 0 Å². The number of rotatable bonds is 9. The number of nitrogens with one attached hydrogen (secondary N) is 2. The lowest BCUT2D eigenvalue weighted by Gasteiger charge is -2.07. The van der Waals surface area contributed by atoms with E-state index in [0.717, 1.165) is 11.3 Å². The molecule has 1 amide bonds. The van der Waals surface area contributed by atoms with E-state index in [9.17, 15) is 13.2 Å². The zero-order chi connectivity index (χ0) is 20.7. The fourth-order valence-electron chi connectivity index (χ4n) is 2.66. The summed E-state index contributed by atoms with van der Waals surface area (Å²) in [6.45, 7) is 0.451. The van der Waals surface area contributed by atoms with Gasteiger partial charge in [0.25, 0.3) is 0 Å². The first-order chi connectivity index (χ1) is 13.9. The second kappa shape index (κ2) is 9.69. The largest absolute Gasteiger partial charge is 0.356 e. The average Bonchev–Trinajstić information content (AvgIpc) is 3.17. The van der Waals surface area contributed by atoms with E-state index in [1.54, 1.807) is 23.0 Å². The predicted octanol–water partition coefficient (Wildman–Crippen LogP) is 2.55. The number of carbonyl (C=O) groups excluding carboxylic acids is 1. The first kappa shape index (κ1) is 21.0. The summed E-state index contributed by atoms with van der Waals surface area (Å²) in [4.78, 5) is 12.0. The Balaban J connectivity index is 1.40. The highest BCUT2D eigenvalue weighted by Crippen LogP contribution is 2.15. The highest BCUT2D eigenvalue weighted by Gasteiger charge is 2.14. The second-order valence-electron chi connectivity index (χ2n) is 6.33. The molecule has 3 aromatic rings. The monoisotopic (exact) mass is 432 g/mol. The molecule has 9 heteroatoms. The lowest BCUT2D eigenvalue weighted by molar-refractivity contribution is -0.120. The van der Waals surface area contributed by atoms with Crippen LogP contribution in [-0.2, 0) is 21.2 Å². The van der Waals surface area contributed by atoms with E-state index in [-0.39, 0.29) is 23.8 Å². The predicted molar refractivity (Wildman–Crippen MR) is 112 cm³/mol. The molecular formula is C20H21ClN4O3S. The van der Waals surface area contributed by atoms with Gasteiger partial charge in [-0.25, -0.2) is 17.8 Å². The number of benzene rings is 2. The van der Waals surface area contributed by atoms with Gasteiger partial charge in [0.1, 0.15) is 0 Å². The van der Waals surface area contributed by atoms with Crippen LogP contribution >= 0.6 is 11.6 Å². The van der Waals surface area contributed by atoms with E-state index in [2.05, 4.69) is 15.1 Å². The van der Waals surface area contributed by atoms with Crippen molar-refractivity contribution in [2.45, 2.75) is 17.7 Å². The van der Waals surface area contributed by atoms with Crippen molar-refractivity contribution >= 4 is 27.5 Å². The normalized spacial score (nSPS) is 11.3. The molecule has 0 aliphatic carbocycles. The molecule has 152 valence electrons. The third kappa shape index (κ3) is 6.15. The quantitative estimate of drug-likeness (QED) is 0.543. The van der Waals surface area contributed by atoms with E-state index < -0.39 is 10.0 Å². The zero-order valence-electron chi connectivity index (χ0n) is 15.6. The summed E-state index contributed by atoms with van der Waals surface area (Å²) in [6, 6.07) is 15.7. The molecule has 2 N–H and O–H groups in total. The summed E-state index contributed by atoms with van der Waals surface area (Å²) in [6.07, 6.45) is 4.36. The maximum atomic E-state index is 12.2. The molecule has 0 unspecified atom stereocenters. The molecular weight excluding hydrogens is 412 g/mol. The van der Waals surface area contributed by atoms with Crippen molar-refractivity contribution in [1.29, 1.82) is 0 Å². The van der Waals surface area contributed by atoms with Gasteiger partial charge in [-0.3, -0.25) is 4.79 Å². The van der Waals surface area contributed by atoms with Gasteiger partial charge in [0.15, 0.2) is 0 Å². The molecule has 0 radical (unpaired) electrons. The zero-order valence-corrected chi connectivity index (χ0v) is 17.2. The molecule has 0 fully saturated rings. The van der Waals surface area contributed by atoms with Crippen molar-refractivity contribution in [3.8, 4) is 5.69 Å². The summed E-state index contributed by atoms with van der Waals surface area (Å²) in [7, 11) is -3.69. The van der Waals surface area contributed by atoms with Gasteiger partial charge in [0.05, 0.1) is 16.8 Å². The summed E-state index contributed by atoms with van der Waals surface area (Å²) >= 11 is 5.82. The standard InChI is InChI=1S/C20H21ClN4O3S/c21-17-5-4-8-19(13-17)29(27,28)24-12-10-20(26)22-11-9-16-14-23-25(15-16)18-6-2-1-3-7-18/h1-8,13-15,24H,9-12H2,(H,22,26). The maximum absolute atomic E-state index is 12.2. The van der Waals surface area contributed by atoms with Gasteiger partial charge in [-0.2, -0.15) is 5.10 Å². The fraction of sp³-hybridized carbons (Fsp3) is 0.200. The number of hydrogen-bond donors (Lipinski definition) is 2. The van der Waals surface area contributed by atoms with Gasteiger partial charge >= 0.3 is 0 Å². The summed E-state index contributed by atoms with van der Waals surface area (Å²) in [5, 5.41) is 7.43. The van der Waals surface area contributed by atoms with Crippen LogP contribution in [0.2, 0.25) is 5.02 Å². The van der Waals surface area contributed by atoms with Crippen molar-refractivity contribution < 1.29 is 13.2 Å². The molecule has 1 heterocycles. The topological polar surface area (TPSA) is 93.1 Å². The first-order valence-corrected chi connectivity index (χ1v) is 10.9. The number of carbonyl (C=O) groups is 1. The second-order valence-corrected chi connectivity index (χ2v) is 8.54. The first-order valence-electron chi connectivity index (χ1n) is 9.05. The Bertz CT molecular complexity index is 1070. The Morgan fingerprint density at radius 1 is 1.07 bits per heavy atom. The van der Waals surface area contributed by atoms with Crippen LogP contribution in [-0.4, -0.2) is 37.2 Å². The molecule has 0 saturated heterocycles. The average molecular weight is 433 g/mol. The van der Waals surface area contributed by atoms with Crippen LogP contribution in [0.1, 0.15) is 12.0 Å². The Kier molecular flexibility index (Phi) is 7.03. The van der Waals surface area contributed by atoms with Gasteiger partial charge in [-0.15, -0.1) is 0 Å². The minimum Gasteiger partial charge on any atom is -0.356 e. The van der Waals surface area contributed by atoms with Gasteiger partial charge in [-0.05, 0) is 42.3 Å². The number of nitrogens with zero attached hydrogens (tertiary/aromatic N) is 2. The molecule has 0 atom stereocenters. The molecule has 7 nitrogen and oxygen atoms in total. The highest BCUT2D eigenvalue weighted by atomic mass is 35.5. The number of hydrogen-bond acceptors (Lipinski definition) is 4. The molecule has 0 aliphatic heterocycles. The lowest BCUT2D eigenvalue weighted by Crippen LogP contribution is -2.31. The number of sulfonamides is 1. The van der Waals surface area contributed by atoms with Crippen LogP contribution in [0, 0.1) is 0 Å². The third-order valence-corrected chi connectivity index (χ3v) is 5.84. The van der Waals surface area contributed by atoms with Crippen molar-refractivity contribution in [2.75, 3.05) is 13.1 Å². The lowest BCUT2D eigenvalue weighted by atomic mass is 10.2. The smallest absolute Gasteiger partial charge is 0.240 e. The van der Waals surface area contributed by atoms with Gasteiger partial charge < -0.3 is 5.32 Å². The van der Waals surface area contributed by atoms with E-state index in [0.29, 0.717) is 18.0 Å². The number of amides is 1. The Morgan fingerprint density at radius 2 is 1.86 bits per heavy atom. The van der Waals surface area contributed by atoms with Crippen LogP contribution in [0.3, 0.4) is 0 Å². The SMILES string of the molecule is O=C(CCNS(=O)(=O)c1cccc(Cl)c1)NCCc1cnn(-c2ccccc2)c1. The minimum atomic E-state index is -3.69. The molecule has 1 aromatic heterocycles. The molecule has 0 saturated carbocycles. The Morgan fingerprint density at radius 3 is 2.62 bits per heavy atom. The van der Waals surface area contributed by atoms with Crippen molar-refractivity contribution in [3.63, 3.8) is 0 Å². The molecule has 3 rings (SSSR count). The molecule has 29 heavy (non-hydrogen) atoms. The van der Waals surface area contributed by atoms with Gasteiger partial charge in [0, 0.05) is 30.7 Å². The van der Waals surface area contributed by atoms with Gasteiger partial charge in [-0.1, -0.05) is 35.9 Å². The van der Waals surface area contributed by atoms with E-state index in [1.807, 2.05) is 36.5 Å². The third-order valence-electron chi connectivity index (χ3n) is 4.14. The fourth-order valence-corrected chi connectivity index (χ4v) is 3.99. The van der Waals surface area contributed by atoms with Gasteiger partial charge in [0.2, 0.25) is 15.9 Å². The highest BCUT2D eigenvalue weighted by molar-refractivity contribution is 7.89. The van der Waals surface area contributed by atoms with Crippen molar-refractivity contribution in [3.05, 3.63) is 77.6 Å². The summed E-state index contributed by atoms with van der Waals surface area (Å²) in [5.74, 6) is -0.228. The number of halogens is 1. The molecule has 0 aliphatic rings. The Hall–Kier alpha value is -2.68. The van der Waals surface area contributed by atoms with E-state index in [1.165, 1.54) is 12.1 Å². The minimum absolute atomic E-state index is 0.00657. The molecule has 0 bridgehead atoms. The Labute approximate surface area is 174 Å². The number of aromatic nitrogens is 2. The maximum Gasteiger partial charge on any atom is 0.240 e. The van der Waals surface area contributed by atoms with Crippen LogP contribution in [0.25, 0.3) is 5.69 Å². The van der Waals surface area contributed by atoms with Crippen molar-refractivity contribution in [1.82, 2.24) is 19.8 Å². The van der Waals surface area contributed by atoms with Crippen LogP contribution in [0.4, 0.5) is 0 Å². The van der Waals surface area contributed by atoms with E-state index >= 15 is 0 Å². The van der Waals surface area contributed by atoms with Crippen LogP contribution in [0.15, 0.2) is 71.9 Å². The van der Waals surface area contributed by atoms with Crippen LogP contribution < -0.4 is 10.0 Å². The molecule has 2 aromatic carbocycles. The number of para-hydroxylation sites is 1. The van der Waals surface area contributed by atoms with Crippen LogP contribution in [0.5, 0.6) is 0 Å².